The highest BCUT2D eigenvalue weighted by Crippen LogP contribution is 2.41. The molecule has 4 heteroatoms. The van der Waals surface area contributed by atoms with Gasteiger partial charge in [-0.2, -0.15) is 5.10 Å². The van der Waals surface area contributed by atoms with Crippen LogP contribution in [-0.4, -0.2) is 15.5 Å². The lowest BCUT2D eigenvalue weighted by Gasteiger charge is -2.12. The topological polar surface area (TPSA) is 43.8 Å². The maximum atomic E-state index is 6.09. The standard InChI is InChI=1S/C11H19N3S/c1-3-6-15-10-7-13-14(11(10)12)8(2)9-4-5-9/h7-9H,3-6,12H2,1-2H3. The maximum absolute atomic E-state index is 6.09. The Morgan fingerprint density at radius 1 is 1.67 bits per heavy atom. The van der Waals surface area contributed by atoms with Crippen molar-refractivity contribution in [2.24, 2.45) is 5.92 Å². The Kier molecular flexibility index (Phi) is 3.24. The zero-order valence-corrected chi connectivity index (χ0v) is 10.3. The van der Waals surface area contributed by atoms with Gasteiger partial charge in [0.25, 0.3) is 0 Å². The van der Waals surface area contributed by atoms with Crippen LogP contribution < -0.4 is 5.73 Å². The molecular formula is C11H19N3S. The number of hydrogen-bond donors (Lipinski definition) is 1. The molecule has 1 atom stereocenters. The maximum Gasteiger partial charge on any atom is 0.135 e. The third-order valence-corrected chi connectivity index (χ3v) is 4.19. The van der Waals surface area contributed by atoms with Gasteiger partial charge in [-0.05, 0) is 37.9 Å². The van der Waals surface area contributed by atoms with E-state index in [0.717, 1.165) is 22.4 Å². The van der Waals surface area contributed by atoms with Crippen LogP contribution in [0, 0.1) is 5.92 Å². The van der Waals surface area contributed by atoms with E-state index in [-0.39, 0.29) is 0 Å². The average molecular weight is 225 g/mol. The van der Waals surface area contributed by atoms with Gasteiger partial charge < -0.3 is 5.73 Å². The first-order valence-corrected chi connectivity index (χ1v) is 6.68. The summed E-state index contributed by atoms with van der Waals surface area (Å²) >= 11 is 1.81. The van der Waals surface area contributed by atoms with E-state index in [1.807, 2.05) is 22.6 Å². The molecule has 1 unspecified atom stereocenters. The van der Waals surface area contributed by atoms with E-state index in [9.17, 15) is 0 Å². The number of anilines is 1. The number of nitrogens with two attached hydrogens (primary N) is 1. The fourth-order valence-corrected chi connectivity index (χ4v) is 2.57. The van der Waals surface area contributed by atoms with E-state index in [2.05, 4.69) is 18.9 Å². The second-order valence-corrected chi connectivity index (χ2v) is 5.40. The predicted octanol–water partition coefficient (Wildman–Crippen LogP) is 2.94. The lowest BCUT2D eigenvalue weighted by atomic mass is 10.2. The fraction of sp³-hybridized carbons (Fsp3) is 0.727. The van der Waals surface area contributed by atoms with Crippen molar-refractivity contribution in [3.05, 3.63) is 6.20 Å². The third kappa shape index (κ3) is 2.30. The van der Waals surface area contributed by atoms with Gasteiger partial charge in [0.2, 0.25) is 0 Å². The molecule has 1 fully saturated rings. The molecule has 0 aromatic carbocycles. The molecule has 0 bridgehead atoms. The molecule has 2 rings (SSSR count). The summed E-state index contributed by atoms with van der Waals surface area (Å²) in [4.78, 5) is 1.14. The van der Waals surface area contributed by atoms with E-state index in [4.69, 9.17) is 5.73 Å². The molecule has 0 amide bonds. The zero-order chi connectivity index (χ0) is 10.8. The quantitative estimate of drug-likeness (QED) is 0.784. The highest BCUT2D eigenvalue weighted by molar-refractivity contribution is 7.99. The molecule has 0 aliphatic heterocycles. The molecule has 84 valence electrons. The normalized spacial score (nSPS) is 18.0. The van der Waals surface area contributed by atoms with Gasteiger partial charge in [0, 0.05) is 0 Å². The van der Waals surface area contributed by atoms with Gasteiger partial charge >= 0.3 is 0 Å². The predicted molar refractivity (Wildman–Crippen MR) is 65.1 cm³/mol. The van der Waals surface area contributed by atoms with Crippen LogP contribution in [0.3, 0.4) is 0 Å². The summed E-state index contributed by atoms with van der Waals surface area (Å²) in [5.74, 6) is 2.78. The van der Waals surface area contributed by atoms with Gasteiger partial charge in [-0.15, -0.1) is 11.8 Å². The smallest absolute Gasteiger partial charge is 0.135 e. The highest BCUT2D eigenvalue weighted by Gasteiger charge is 2.30. The summed E-state index contributed by atoms with van der Waals surface area (Å²) in [6.07, 6.45) is 5.75. The molecule has 1 aromatic rings. The third-order valence-electron chi connectivity index (χ3n) is 2.95. The Bertz CT molecular complexity index is 331. The summed E-state index contributed by atoms with van der Waals surface area (Å²) in [5.41, 5.74) is 6.09. The summed E-state index contributed by atoms with van der Waals surface area (Å²) in [6, 6.07) is 0.473. The first kappa shape index (κ1) is 10.9. The minimum atomic E-state index is 0.473. The van der Waals surface area contributed by atoms with Crippen molar-refractivity contribution in [3.63, 3.8) is 0 Å². The van der Waals surface area contributed by atoms with Crippen LogP contribution >= 0.6 is 11.8 Å². The van der Waals surface area contributed by atoms with Crippen LogP contribution in [0.5, 0.6) is 0 Å². The largest absolute Gasteiger partial charge is 0.383 e. The lowest BCUT2D eigenvalue weighted by Crippen LogP contribution is -2.11. The van der Waals surface area contributed by atoms with E-state index < -0.39 is 0 Å². The molecule has 1 saturated carbocycles. The second kappa shape index (κ2) is 4.47. The second-order valence-electron chi connectivity index (χ2n) is 4.27. The zero-order valence-electron chi connectivity index (χ0n) is 9.44. The van der Waals surface area contributed by atoms with Gasteiger partial charge in [0.15, 0.2) is 0 Å². The van der Waals surface area contributed by atoms with Gasteiger partial charge in [0.1, 0.15) is 5.82 Å². The number of aromatic nitrogens is 2. The molecule has 1 aromatic heterocycles. The lowest BCUT2D eigenvalue weighted by molar-refractivity contribution is 0.446. The van der Waals surface area contributed by atoms with E-state index in [0.29, 0.717) is 6.04 Å². The van der Waals surface area contributed by atoms with E-state index in [1.165, 1.54) is 19.3 Å². The molecule has 1 aliphatic carbocycles. The van der Waals surface area contributed by atoms with Gasteiger partial charge in [0.05, 0.1) is 17.1 Å². The average Bonchev–Trinajstić information content (AvgIpc) is 3.01. The molecular weight excluding hydrogens is 206 g/mol. The summed E-state index contributed by atoms with van der Waals surface area (Å²) in [6.45, 7) is 4.40. The number of hydrogen-bond acceptors (Lipinski definition) is 3. The summed E-state index contributed by atoms with van der Waals surface area (Å²) in [7, 11) is 0. The number of rotatable bonds is 5. The van der Waals surface area contributed by atoms with Gasteiger partial charge in [-0.1, -0.05) is 6.92 Å². The van der Waals surface area contributed by atoms with E-state index >= 15 is 0 Å². The van der Waals surface area contributed by atoms with Crippen molar-refractivity contribution < 1.29 is 0 Å². The molecule has 0 saturated heterocycles. The Hall–Kier alpha value is -0.640. The molecule has 1 heterocycles. The molecule has 0 spiro atoms. The van der Waals surface area contributed by atoms with Crippen LogP contribution in [-0.2, 0) is 0 Å². The van der Waals surface area contributed by atoms with Crippen LogP contribution in [0.2, 0.25) is 0 Å². The fourth-order valence-electron chi connectivity index (χ4n) is 1.78. The van der Waals surface area contributed by atoms with Crippen molar-refractivity contribution in [1.82, 2.24) is 9.78 Å². The number of thioether (sulfide) groups is 1. The van der Waals surface area contributed by atoms with E-state index in [1.54, 1.807) is 0 Å². The van der Waals surface area contributed by atoms with Crippen molar-refractivity contribution in [2.45, 2.75) is 44.0 Å². The van der Waals surface area contributed by atoms with Crippen molar-refractivity contribution in [1.29, 1.82) is 0 Å². The van der Waals surface area contributed by atoms with Crippen molar-refractivity contribution in [2.75, 3.05) is 11.5 Å². The molecule has 15 heavy (non-hydrogen) atoms. The first-order chi connectivity index (χ1) is 7.24. The van der Waals surface area contributed by atoms with Crippen molar-refractivity contribution in [3.8, 4) is 0 Å². The molecule has 1 aliphatic rings. The summed E-state index contributed by atoms with van der Waals surface area (Å²) in [5, 5.41) is 4.40. The van der Waals surface area contributed by atoms with Crippen molar-refractivity contribution >= 4 is 17.6 Å². The minimum Gasteiger partial charge on any atom is -0.383 e. The minimum absolute atomic E-state index is 0.473. The Labute approximate surface area is 95.4 Å². The van der Waals surface area contributed by atoms with Crippen LogP contribution in [0.15, 0.2) is 11.1 Å². The first-order valence-electron chi connectivity index (χ1n) is 5.69. The highest BCUT2D eigenvalue weighted by atomic mass is 32.2. The van der Waals surface area contributed by atoms with Gasteiger partial charge in [-0.3, -0.25) is 0 Å². The Morgan fingerprint density at radius 3 is 3.00 bits per heavy atom. The van der Waals surface area contributed by atoms with Crippen LogP contribution in [0.25, 0.3) is 0 Å². The summed E-state index contributed by atoms with van der Waals surface area (Å²) < 4.78 is 2.00. The molecule has 3 nitrogen and oxygen atoms in total. The van der Waals surface area contributed by atoms with Gasteiger partial charge in [-0.25, -0.2) is 4.68 Å². The van der Waals surface area contributed by atoms with Crippen LogP contribution in [0.4, 0.5) is 5.82 Å². The molecule has 0 radical (unpaired) electrons. The number of nitrogens with zero attached hydrogens (tertiary/aromatic N) is 2. The Balaban J connectivity index is 2.08. The van der Waals surface area contributed by atoms with Crippen LogP contribution in [0.1, 0.15) is 39.2 Å². The number of nitrogen functional groups attached to an aromatic ring is 1. The monoisotopic (exact) mass is 225 g/mol. The molecule has 2 N–H and O–H groups in total. The Morgan fingerprint density at radius 2 is 2.40 bits per heavy atom. The SMILES string of the molecule is CCCSc1cnn(C(C)C2CC2)c1N.